The molecule has 0 aromatic carbocycles. The second-order valence-electron chi connectivity index (χ2n) is 3.31. The normalized spacial score (nSPS) is 21.3. The summed E-state index contributed by atoms with van der Waals surface area (Å²) in [5.41, 5.74) is 0. The summed E-state index contributed by atoms with van der Waals surface area (Å²) in [6.07, 6.45) is 3.32. The van der Waals surface area contributed by atoms with E-state index in [9.17, 15) is 4.79 Å². The number of carbonyl (C=O) groups excluding carboxylic acids is 1. The van der Waals surface area contributed by atoms with Gasteiger partial charge in [0.25, 0.3) is 0 Å². The van der Waals surface area contributed by atoms with Gasteiger partial charge in [-0.15, -0.1) is 0 Å². The third kappa shape index (κ3) is 3.66. The van der Waals surface area contributed by atoms with Crippen molar-refractivity contribution >= 4 is 5.91 Å². The number of nitrogens with one attached hydrogen (secondary N) is 1. The van der Waals surface area contributed by atoms with Gasteiger partial charge in [0.15, 0.2) is 0 Å². The van der Waals surface area contributed by atoms with Crippen LogP contribution in [0.4, 0.5) is 0 Å². The Kier molecular flexibility index (Phi) is 7.48. The predicted octanol–water partition coefficient (Wildman–Crippen LogP) is 1.88. The fourth-order valence-electron chi connectivity index (χ4n) is 1.84. The molecule has 0 aliphatic carbocycles. The van der Waals surface area contributed by atoms with Crippen molar-refractivity contribution in [3.8, 4) is 0 Å². The summed E-state index contributed by atoms with van der Waals surface area (Å²) in [6, 6.07) is 0.148. The molecule has 1 amide bonds. The molecular formula is C11H26N2O. The van der Waals surface area contributed by atoms with Crippen molar-refractivity contribution in [1.82, 2.24) is 10.2 Å². The lowest BCUT2D eigenvalue weighted by molar-refractivity contribution is -0.124. The zero-order valence-electron chi connectivity index (χ0n) is 9.97. The number of likely N-dealkylation sites (tertiary alicyclic amines) is 1. The van der Waals surface area contributed by atoms with Crippen molar-refractivity contribution in [3.63, 3.8) is 0 Å². The summed E-state index contributed by atoms with van der Waals surface area (Å²) in [4.78, 5) is 13.6. The number of amides is 1. The van der Waals surface area contributed by atoms with Crippen molar-refractivity contribution in [2.24, 2.45) is 0 Å². The van der Waals surface area contributed by atoms with E-state index in [0.717, 1.165) is 32.4 Å². The maximum absolute atomic E-state index is 11.3. The standard InChI is InChI=1S/C9H18N2O.C2H6.H2/c1-3-6-11-7-4-5-8(11)9(12)10-2;1-2;/h8H,3-7H2,1-2H3,(H,10,12);1-2H3;1H/t8-;;/m1../s1. The lowest BCUT2D eigenvalue weighted by Crippen LogP contribution is -2.42. The maximum atomic E-state index is 11.3. The monoisotopic (exact) mass is 202 g/mol. The van der Waals surface area contributed by atoms with E-state index in [4.69, 9.17) is 0 Å². The van der Waals surface area contributed by atoms with Crippen LogP contribution in [-0.2, 0) is 4.79 Å². The zero-order valence-corrected chi connectivity index (χ0v) is 9.97. The van der Waals surface area contributed by atoms with Crippen LogP contribution in [0.3, 0.4) is 0 Å². The lowest BCUT2D eigenvalue weighted by Gasteiger charge is -2.21. The number of likely N-dealkylation sites (N-methyl/N-ethyl adjacent to an activating group) is 1. The van der Waals surface area contributed by atoms with Gasteiger partial charge in [0.1, 0.15) is 0 Å². The fraction of sp³-hybridized carbons (Fsp3) is 0.909. The zero-order chi connectivity index (χ0) is 11.0. The van der Waals surface area contributed by atoms with Crippen molar-refractivity contribution < 1.29 is 6.22 Å². The Morgan fingerprint density at radius 1 is 1.57 bits per heavy atom. The highest BCUT2D eigenvalue weighted by Gasteiger charge is 2.28. The van der Waals surface area contributed by atoms with Crippen molar-refractivity contribution in [2.75, 3.05) is 20.1 Å². The molecule has 1 aliphatic rings. The molecule has 0 radical (unpaired) electrons. The van der Waals surface area contributed by atoms with Gasteiger partial charge in [-0.1, -0.05) is 20.8 Å². The first-order valence-corrected chi connectivity index (χ1v) is 5.75. The van der Waals surface area contributed by atoms with Gasteiger partial charge in [0.05, 0.1) is 6.04 Å². The minimum Gasteiger partial charge on any atom is -0.358 e. The number of nitrogens with zero attached hydrogens (tertiary/aromatic N) is 1. The molecule has 0 aromatic rings. The van der Waals surface area contributed by atoms with Crippen molar-refractivity contribution in [1.29, 1.82) is 0 Å². The minimum atomic E-state index is 0. The molecule has 1 N–H and O–H groups in total. The summed E-state index contributed by atoms with van der Waals surface area (Å²) in [5, 5.41) is 2.71. The molecule has 0 unspecified atom stereocenters. The second-order valence-corrected chi connectivity index (χ2v) is 3.31. The highest BCUT2D eigenvalue weighted by Crippen LogP contribution is 2.16. The molecule has 1 rings (SSSR count). The van der Waals surface area contributed by atoms with Crippen LogP contribution >= 0.6 is 0 Å². The van der Waals surface area contributed by atoms with Gasteiger partial charge in [0.2, 0.25) is 5.91 Å². The van der Waals surface area contributed by atoms with Crippen LogP contribution in [-0.4, -0.2) is 37.0 Å². The molecule has 1 atom stereocenters. The first-order chi connectivity index (χ1) is 6.79. The number of hydrogen-bond acceptors (Lipinski definition) is 2. The van der Waals surface area contributed by atoms with E-state index in [0.29, 0.717) is 0 Å². The quantitative estimate of drug-likeness (QED) is 0.758. The molecule has 3 nitrogen and oxygen atoms in total. The molecule has 86 valence electrons. The molecule has 0 bridgehead atoms. The molecule has 1 fully saturated rings. The molecule has 3 heteroatoms. The van der Waals surface area contributed by atoms with E-state index in [-0.39, 0.29) is 13.4 Å². The van der Waals surface area contributed by atoms with Gasteiger partial charge in [-0.2, -0.15) is 0 Å². The van der Waals surface area contributed by atoms with Crippen molar-refractivity contribution in [3.05, 3.63) is 0 Å². The van der Waals surface area contributed by atoms with Gasteiger partial charge in [-0.3, -0.25) is 9.69 Å². The Hall–Kier alpha value is -0.570. The highest BCUT2D eigenvalue weighted by atomic mass is 16.2. The van der Waals surface area contributed by atoms with E-state index in [2.05, 4.69) is 17.1 Å². The first-order valence-electron chi connectivity index (χ1n) is 5.75. The maximum Gasteiger partial charge on any atom is 0.237 e. The number of carbonyl (C=O) groups is 1. The fourth-order valence-corrected chi connectivity index (χ4v) is 1.84. The molecule has 0 aromatic heterocycles. The molecule has 0 spiro atoms. The molecule has 1 aliphatic heterocycles. The summed E-state index contributed by atoms with van der Waals surface area (Å²) >= 11 is 0. The lowest BCUT2D eigenvalue weighted by atomic mass is 10.2. The Labute approximate surface area is 89.3 Å². The topological polar surface area (TPSA) is 32.3 Å². The number of rotatable bonds is 3. The summed E-state index contributed by atoms with van der Waals surface area (Å²) in [5.74, 6) is 0.181. The predicted molar refractivity (Wildman–Crippen MR) is 62.4 cm³/mol. The van der Waals surface area contributed by atoms with E-state index < -0.39 is 0 Å². The van der Waals surface area contributed by atoms with Crippen LogP contribution < -0.4 is 5.32 Å². The Balaban J connectivity index is 0. The molecular weight excluding hydrogens is 176 g/mol. The van der Waals surface area contributed by atoms with E-state index in [1.54, 1.807) is 7.05 Å². The van der Waals surface area contributed by atoms with Gasteiger partial charge in [-0.25, -0.2) is 0 Å². The largest absolute Gasteiger partial charge is 0.358 e. The van der Waals surface area contributed by atoms with E-state index >= 15 is 0 Å². The average molecular weight is 202 g/mol. The van der Waals surface area contributed by atoms with Crippen LogP contribution in [0.5, 0.6) is 0 Å². The van der Waals surface area contributed by atoms with Gasteiger partial charge in [0, 0.05) is 8.47 Å². The Morgan fingerprint density at radius 2 is 2.21 bits per heavy atom. The van der Waals surface area contributed by atoms with Crippen LogP contribution in [0.1, 0.15) is 41.5 Å². The molecule has 14 heavy (non-hydrogen) atoms. The van der Waals surface area contributed by atoms with E-state index in [1.165, 1.54) is 0 Å². The van der Waals surface area contributed by atoms with Crippen LogP contribution in [0, 0.1) is 0 Å². The van der Waals surface area contributed by atoms with Gasteiger partial charge in [-0.05, 0) is 32.4 Å². The van der Waals surface area contributed by atoms with Gasteiger partial charge < -0.3 is 5.32 Å². The van der Waals surface area contributed by atoms with Crippen LogP contribution in [0.25, 0.3) is 0 Å². The third-order valence-electron chi connectivity index (χ3n) is 2.42. The second kappa shape index (κ2) is 7.80. The summed E-state index contributed by atoms with van der Waals surface area (Å²) in [6.45, 7) is 8.29. The molecule has 1 saturated heterocycles. The van der Waals surface area contributed by atoms with Crippen LogP contribution in [0.2, 0.25) is 0 Å². The smallest absolute Gasteiger partial charge is 0.237 e. The van der Waals surface area contributed by atoms with Gasteiger partial charge >= 0.3 is 0 Å². The molecule has 0 saturated carbocycles. The minimum absolute atomic E-state index is 0. The SMILES string of the molecule is CC.CCCN1CCC[C@@H]1C(=O)NC.[HH]. The Bertz CT molecular complexity index is 165. The highest BCUT2D eigenvalue weighted by molar-refractivity contribution is 5.81. The summed E-state index contributed by atoms with van der Waals surface area (Å²) < 4.78 is 0. The van der Waals surface area contributed by atoms with E-state index in [1.807, 2.05) is 13.8 Å². The number of hydrogen-bond donors (Lipinski definition) is 1. The first kappa shape index (κ1) is 13.4. The van der Waals surface area contributed by atoms with Crippen LogP contribution in [0.15, 0.2) is 0 Å². The summed E-state index contributed by atoms with van der Waals surface area (Å²) in [7, 11) is 1.71. The molecule has 1 heterocycles. The Morgan fingerprint density at radius 3 is 2.71 bits per heavy atom. The third-order valence-corrected chi connectivity index (χ3v) is 2.42. The average Bonchev–Trinajstić information content (AvgIpc) is 2.69. The van der Waals surface area contributed by atoms with Crippen molar-refractivity contribution in [2.45, 2.75) is 46.1 Å².